The van der Waals surface area contributed by atoms with Crippen molar-refractivity contribution in [3.8, 4) is 22.8 Å². The van der Waals surface area contributed by atoms with Crippen molar-refractivity contribution >= 4 is 17.6 Å². The largest absolute Gasteiger partial charge is 0.508 e. The zero-order chi connectivity index (χ0) is 16.2. The molecule has 0 fully saturated rings. The predicted octanol–water partition coefficient (Wildman–Crippen LogP) is 3.02. The Bertz CT molecular complexity index is 892. The van der Waals surface area contributed by atoms with Gasteiger partial charge in [-0.2, -0.15) is 5.10 Å². The minimum atomic E-state index is -0.0206. The van der Waals surface area contributed by atoms with E-state index in [0.717, 1.165) is 0 Å². The van der Waals surface area contributed by atoms with Crippen LogP contribution in [-0.4, -0.2) is 27.6 Å². The lowest BCUT2D eigenvalue weighted by atomic mass is 10.1. The van der Waals surface area contributed by atoms with Crippen LogP contribution in [0.2, 0.25) is 0 Å². The second-order valence-corrected chi connectivity index (χ2v) is 5.49. The zero-order valence-electron chi connectivity index (χ0n) is 12.4. The molecular weight excluding hydrogens is 314 g/mol. The minimum Gasteiger partial charge on any atom is -0.508 e. The topological polar surface area (TPSA) is 83.3 Å². The average molecular weight is 329 g/mol. The van der Waals surface area contributed by atoms with E-state index in [-0.39, 0.29) is 11.5 Å². The molecule has 118 valence electrons. The van der Waals surface area contributed by atoms with Gasteiger partial charge in [-0.25, -0.2) is 4.68 Å². The fourth-order valence-corrected chi connectivity index (χ4v) is 2.95. The lowest BCUT2D eigenvalue weighted by molar-refractivity contribution is 0.451. The van der Waals surface area contributed by atoms with E-state index in [2.05, 4.69) is 10.1 Å². The Morgan fingerprint density at radius 1 is 1.30 bits per heavy atom. The van der Waals surface area contributed by atoms with Gasteiger partial charge in [-0.15, -0.1) is 11.3 Å². The highest BCUT2D eigenvalue weighted by molar-refractivity contribution is 7.07. The van der Waals surface area contributed by atoms with Gasteiger partial charge in [0.15, 0.2) is 0 Å². The van der Waals surface area contributed by atoms with Crippen LogP contribution < -0.4 is 4.80 Å². The van der Waals surface area contributed by atoms with Gasteiger partial charge in [-0.1, -0.05) is 0 Å². The number of hydrogen-bond acceptors (Lipinski definition) is 6. The van der Waals surface area contributed by atoms with Crippen molar-refractivity contribution in [1.82, 2.24) is 4.68 Å². The van der Waals surface area contributed by atoms with E-state index in [1.165, 1.54) is 23.5 Å². The number of furan rings is 1. The van der Waals surface area contributed by atoms with Crippen molar-refractivity contribution in [2.24, 2.45) is 10.1 Å². The molecular formula is C16H15N3O3S. The maximum Gasteiger partial charge on any atom is 0.206 e. The first kappa shape index (κ1) is 15.1. The number of benzene rings is 1. The molecule has 0 spiro atoms. The fourth-order valence-electron chi connectivity index (χ4n) is 2.06. The molecule has 0 amide bonds. The highest BCUT2D eigenvalue weighted by Crippen LogP contribution is 2.32. The molecule has 0 radical (unpaired) electrons. The minimum absolute atomic E-state index is 0.00517. The Kier molecular flexibility index (Phi) is 4.29. The number of phenols is 2. The van der Waals surface area contributed by atoms with Crippen molar-refractivity contribution < 1.29 is 14.6 Å². The first-order chi connectivity index (χ1) is 11.2. The number of thiazole rings is 1. The van der Waals surface area contributed by atoms with Crippen LogP contribution in [0.3, 0.4) is 0 Å². The van der Waals surface area contributed by atoms with Gasteiger partial charge < -0.3 is 14.6 Å². The number of rotatable bonds is 4. The van der Waals surface area contributed by atoms with Crippen molar-refractivity contribution in [2.75, 3.05) is 6.54 Å². The number of aromatic nitrogens is 1. The molecule has 0 aliphatic carbocycles. The van der Waals surface area contributed by atoms with Crippen LogP contribution in [0.1, 0.15) is 12.7 Å². The summed E-state index contributed by atoms with van der Waals surface area (Å²) >= 11 is 1.42. The molecule has 0 aliphatic heterocycles. The van der Waals surface area contributed by atoms with Crippen molar-refractivity contribution in [3.63, 3.8) is 0 Å². The quantitative estimate of drug-likeness (QED) is 0.722. The van der Waals surface area contributed by atoms with Gasteiger partial charge in [0, 0.05) is 23.6 Å². The summed E-state index contributed by atoms with van der Waals surface area (Å²) in [6.07, 6.45) is 3.16. The molecule has 0 atom stereocenters. The Morgan fingerprint density at radius 2 is 2.17 bits per heavy atom. The standard InChI is InChI=1S/C16H15N3O3S/c1-2-17-16-19(18-9-12-4-3-7-22-12)14(10-23-16)13-6-5-11(20)8-15(13)21/h3-10,20-21H,2H2,1H3/b17-16?,18-9+. The molecule has 0 saturated heterocycles. The third kappa shape index (κ3) is 3.19. The maximum absolute atomic E-state index is 10.1. The molecule has 2 heterocycles. The monoisotopic (exact) mass is 329 g/mol. The number of hydrogen-bond donors (Lipinski definition) is 2. The highest BCUT2D eigenvalue weighted by Gasteiger charge is 2.12. The molecule has 0 saturated carbocycles. The van der Waals surface area contributed by atoms with Crippen LogP contribution in [0.25, 0.3) is 11.3 Å². The molecule has 1 aromatic carbocycles. The van der Waals surface area contributed by atoms with E-state index in [1.807, 2.05) is 12.3 Å². The summed E-state index contributed by atoms with van der Waals surface area (Å²) in [5.41, 5.74) is 1.25. The van der Waals surface area contributed by atoms with Crippen LogP contribution in [0, 0.1) is 0 Å². The molecule has 6 nitrogen and oxygen atoms in total. The van der Waals surface area contributed by atoms with Crippen LogP contribution in [0.4, 0.5) is 0 Å². The molecule has 0 bridgehead atoms. The molecule has 23 heavy (non-hydrogen) atoms. The molecule has 0 aliphatic rings. The van der Waals surface area contributed by atoms with Gasteiger partial charge in [0.25, 0.3) is 0 Å². The van der Waals surface area contributed by atoms with E-state index in [0.29, 0.717) is 28.4 Å². The lowest BCUT2D eigenvalue weighted by Gasteiger charge is -2.06. The molecule has 7 heteroatoms. The SMILES string of the molecule is CCN=c1scc(-c2ccc(O)cc2O)n1/N=C/c1ccco1. The summed E-state index contributed by atoms with van der Waals surface area (Å²) in [5.74, 6) is 0.602. The van der Waals surface area contributed by atoms with Crippen LogP contribution in [0.15, 0.2) is 56.5 Å². The first-order valence-electron chi connectivity index (χ1n) is 7.00. The Morgan fingerprint density at radius 3 is 2.87 bits per heavy atom. The Labute approximate surface area is 136 Å². The zero-order valence-corrected chi connectivity index (χ0v) is 13.2. The first-order valence-corrected chi connectivity index (χ1v) is 7.88. The number of aromatic hydroxyl groups is 2. The summed E-state index contributed by atoms with van der Waals surface area (Å²) in [4.78, 5) is 5.11. The van der Waals surface area contributed by atoms with Gasteiger partial charge in [-0.3, -0.25) is 4.99 Å². The molecule has 2 aromatic heterocycles. The van der Waals surface area contributed by atoms with Gasteiger partial charge in [0.1, 0.15) is 17.3 Å². The summed E-state index contributed by atoms with van der Waals surface area (Å²) < 4.78 is 6.89. The van der Waals surface area contributed by atoms with Crippen LogP contribution in [-0.2, 0) is 0 Å². The van der Waals surface area contributed by atoms with Crippen molar-refractivity contribution in [3.05, 3.63) is 52.5 Å². The molecule has 3 aromatic rings. The third-order valence-electron chi connectivity index (χ3n) is 3.08. The third-order valence-corrected chi connectivity index (χ3v) is 3.93. The molecule has 2 N–H and O–H groups in total. The second kappa shape index (κ2) is 6.53. The highest BCUT2D eigenvalue weighted by atomic mass is 32.1. The number of phenolic OH excluding ortho intramolecular Hbond substituents is 2. The number of nitrogens with zero attached hydrogens (tertiary/aromatic N) is 3. The van der Waals surface area contributed by atoms with Gasteiger partial charge in [-0.05, 0) is 31.2 Å². The Hall–Kier alpha value is -2.80. The van der Waals surface area contributed by atoms with E-state index in [9.17, 15) is 10.2 Å². The Balaban J connectivity index is 2.12. The second-order valence-electron chi connectivity index (χ2n) is 4.65. The molecule has 3 rings (SSSR count). The van der Waals surface area contributed by atoms with Gasteiger partial charge in [0.05, 0.1) is 18.2 Å². The fraction of sp³-hybridized carbons (Fsp3) is 0.125. The van der Waals surface area contributed by atoms with Crippen LogP contribution in [0.5, 0.6) is 11.5 Å². The van der Waals surface area contributed by atoms with Gasteiger partial charge in [0.2, 0.25) is 4.80 Å². The van der Waals surface area contributed by atoms with Crippen molar-refractivity contribution in [2.45, 2.75) is 6.92 Å². The van der Waals surface area contributed by atoms with E-state index < -0.39 is 0 Å². The van der Waals surface area contributed by atoms with E-state index >= 15 is 0 Å². The summed E-state index contributed by atoms with van der Waals surface area (Å²) in [6, 6.07) is 8.03. The van der Waals surface area contributed by atoms with E-state index in [1.54, 1.807) is 35.4 Å². The smallest absolute Gasteiger partial charge is 0.206 e. The summed E-state index contributed by atoms with van der Waals surface area (Å²) in [7, 11) is 0. The molecule has 0 unspecified atom stereocenters. The lowest BCUT2D eigenvalue weighted by Crippen LogP contribution is -2.12. The van der Waals surface area contributed by atoms with E-state index in [4.69, 9.17) is 4.42 Å². The summed E-state index contributed by atoms with van der Waals surface area (Å²) in [6.45, 7) is 2.57. The summed E-state index contributed by atoms with van der Waals surface area (Å²) in [5, 5.41) is 25.8. The normalized spacial score (nSPS) is 12.3. The van der Waals surface area contributed by atoms with Crippen LogP contribution >= 0.6 is 11.3 Å². The maximum atomic E-state index is 10.1. The van der Waals surface area contributed by atoms with Gasteiger partial charge >= 0.3 is 0 Å². The average Bonchev–Trinajstić information content (AvgIpc) is 3.16. The predicted molar refractivity (Wildman–Crippen MR) is 88.9 cm³/mol. The van der Waals surface area contributed by atoms with Crippen molar-refractivity contribution in [1.29, 1.82) is 0 Å².